The fourth-order valence-corrected chi connectivity index (χ4v) is 2.07. The van der Waals surface area contributed by atoms with Crippen LogP contribution in [0.1, 0.15) is 12.2 Å². The Hall–Kier alpha value is 0.0300. The maximum Gasteiger partial charge on any atom is 0.306 e. The average molecular weight is 302 g/mol. The monoisotopic (exact) mass is 300 g/mol. The fraction of sp³-hybridized carbons (Fsp3) is 0.500. The van der Waals surface area contributed by atoms with Gasteiger partial charge in [-0.2, -0.15) is 8.78 Å². The highest BCUT2D eigenvalue weighted by molar-refractivity contribution is 9.13. The molecule has 1 aliphatic rings. The number of alkyl halides is 2. The predicted octanol–water partition coefficient (Wildman–Crippen LogP) is 2.90. The Balaban J connectivity index is 2.61. The van der Waals surface area contributed by atoms with Gasteiger partial charge in [-0.1, -0.05) is 0 Å². The average Bonchev–Trinajstić information content (AvgIpc) is 2.40. The molecule has 1 aromatic heterocycles. The van der Waals surface area contributed by atoms with Gasteiger partial charge in [-0.15, -0.1) is 0 Å². The third kappa shape index (κ3) is 1.04. The highest BCUT2D eigenvalue weighted by atomic mass is 79.9. The van der Waals surface area contributed by atoms with E-state index in [0.29, 0.717) is 15.8 Å². The summed E-state index contributed by atoms with van der Waals surface area (Å²) < 4.78 is 28.5. The van der Waals surface area contributed by atoms with Gasteiger partial charge in [0.1, 0.15) is 9.21 Å². The molecular formula is C6H4Br2F2N2. The summed E-state index contributed by atoms with van der Waals surface area (Å²) in [5.41, 5.74) is 0. The second-order valence-electron chi connectivity index (χ2n) is 2.62. The zero-order valence-electron chi connectivity index (χ0n) is 5.82. The maximum atomic E-state index is 13.0. The Morgan fingerprint density at radius 1 is 1.42 bits per heavy atom. The molecule has 0 aromatic carbocycles. The Morgan fingerprint density at radius 3 is 2.67 bits per heavy atom. The minimum Gasteiger partial charge on any atom is -0.316 e. The lowest BCUT2D eigenvalue weighted by Crippen LogP contribution is -2.09. The maximum absolute atomic E-state index is 13.0. The topological polar surface area (TPSA) is 17.8 Å². The summed E-state index contributed by atoms with van der Waals surface area (Å²) in [6.45, 7) is 0.321. The van der Waals surface area contributed by atoms with Gasteiger partial charge >= 0.3 is 5.92 Å². The Morgan fingerprint density at radius 2 is 2.08 bits per heavy atom. The zero-order valence-corrected chi connectivity index (χ0v) is 8.99. The molecule has 2 rings (SSSR count). The van der Waals surface area contributed by atoms with Gasteiger partial charge in [0, 0.05) is 13.0 Å². The van der Waals surface area contributed by atoms with Crippen LogP contribution in [0.3, 0.4) is 0 Å². The molecule has 1 aromatic rings. The van der Waals surface area contributed by atoms with Crippen LogP contribution in [0, 0.1) is 0 Å². The van der Waals surface area contributed by atoms with Crippen LogP contribution in [0.4, 0.5) is 8.78 Å². The number of nitrogens with zero attached hydrogens (tertiary/aromatic N) is 2. The molecule has 0 saturated heterocycles. The van der Waals surface area contributed by atoms with Gasteiger partial charge < -0.3 is 4.57 Å². The highest BCUT2D eigenvalue weighted by Gasteiger charge is 2.43. The molecule has 0 aliphatic carbocycles. The lowest BCUT2D eigenvalue weighted by Gasteiger charge is -2.03. The van der Waals surface area contributed by atoms with E-state index in [4.69, 9.17) is 0 Å². The van der Waals surface area contributed by atoms with Crippen molar-refractivity contribution < 1.29 is 8.78 Å². The molecule has 0 N–H and O–H groups in total. The van der Waals surface area contributed by atoms with Crippen molar-refractivity contribution in [1.82, 2.24) is 9.55 Å². The lowest BCUT2D eigenvalue weighted by molar-refractivity contribution is -0.00634. The lowest BCUT2D eigenvalue weighted by atomic mass is 10.3. The summed E-state index contributed by atoms with van der Waals surface area (Å²) in [5, 5.41) is 0. The fourth-order valence-electron chi connectivity index (χ4n) is 1.25. The first-order valence-corrected chi connectivity index (χ1v) is 4.91. The van der Waals surface area contributed by atoms with Crippen LogP contribution in [0.25, 0.3) is 0 Å². The number of imidazole rings is 1. The van der Waals surface area contributed by atoms with Gasteiger partial charge in [-0.3, -0.25) is 0 Å². The number of rotatable bonds is 0. The van der Waals surface area contributed by atoms with Crippen LogP contribution in [-0.2, 0) is 12.5 Å². The standard InChI is InChI=1S/C6H4Br2F2N2/c7-3-4(8)12-2-1-6(9,10)5(12)11-3/h1-2H2. The van der Waals surface area contributed by atoms with Crippen molar-refractivity contribution in [3.8, 4) is 0 Å². The Bertz CT molecular complexity index is 335. The first kappa shape index (κ1) is 8.62. The van der Waals surface area contributed by atoms with E-state index in [0.717, 1.165) is 0 Å². The molecule has 1 aliphatic heterocycles. The van der Waals surface area contributed by atoms with Crippen molar-refractivity contribution >= 4 is 31.9 Å². The smallest absolute Gasteiger partial charge is 0.306 e. The summed E-state index contributed by atoms with van der Waals surface area (Å²) in [4.78, 5) is 3.73. The van der Waals surface area contributed by atoms with Gasteiger partial charge in [-0.05, 0) is 31.9 Å². The van der Waals surface area contributed by atoms with E-state index in [1.807, 2.05) is 0 Å². The molecule has 6 heteroatoms. The summed E-state index contributed by atoms with van der Waals surface area (Å²) >= 11 is 6.25. The molecule has 0 amide bonds. The van der Waals surface area contributed by atoms with Crippen LogP contribution in [0.5, 0.6) is 0 Å². The highest BCUT2D eigenvalue weighted by Crippen LogP contribution is 2.41. The zero-order chi connectivity index (χ0) is 8.93. The SMILES string of the molecule is FC1(F)CCn2c1nc(Br)c2Br. The largest absolute Gasteiger partial charge is 0.316 e. The van der Waals surface area contributed by atoms with Crippen molar-refractivity contribution in [2.75, 3.05) is 0 Å². The molecule has 0 spiro atoms. The molecule has 12 heavy (non-hydrogen) atoms. The second-order valence-corrected chi connectivity index (χ2v) is 4.13. The molecule has 0 saturated carbocycles. The van der Waals surface area contributed by atoms with Gasteiger partial charge in [0.15, 0.2) is 5.82 Å². The van der Waals surface area contributed by atoms with E-state index < -0.39 is 5.92 Å². The van der Waals surface area contributed by atoms with Crippen molar-refractivity contribution in [2.24, 2.45) is 0 Å². The number of hydrogen-bond donors (Lipinski definition) is 0. The van der Waals surface area contributed by atoms with E-state index in [9.17, 15) is 8.78 Å². The van der Waals surface area contributed by atoms with E-state index in [-0.39, 0.29) is 12.2 Å². The summed E-state index contributed by atoms with van der Waals surface area (Å²) in [7, 11) is 0. The molecule has 66 valence electrons. The third-order valence-corrected chi connectivity index (χ3v) is 3.73. The van der Waals surface area contributed by atoms with Crippen LogP contribution in [0.2, 0.25) is 0 Å². The van der Waals surface area contributed by atoms with Gasteiger partial charge in [-0.25, -0.2) is 4.98 Å². The predicted molar refractivity (Wildman–Crippen MR) is 46.1 cm³/mol. The Labute approximate surface area is 84.2 Å². The van der Waals surface area contributed by atoms with E-state index in [1.54, 1.807) is 0 Å². The van der Waals surface area contributed by atoms with Crippen molar-refractivity contribution in [3.63, 3.8) is 0 Å². The minimum atomic E-state index is -2.77. The van der Waals surface area contributed by atoms with Gasteiger partial charge in [0.25, 0.3) is 0 Å². The first-order valence-electron chi connectivity index (χ1n) is 3.32. The van der Waals surface area contributed by atoms with E-state index in [1.165, 1.54) is 4.57 Å². The number of halogens is 4. The molecular weight excluding hydrogens is 298 g/mol. The van der Waals surface area contributed by atoms with E-state index >= 15 is 0 Å². The molecule has 2 heterocycles. The van der Waals surface area contributed by atoms with Crippen LogP contribution in [-0.4, -0.2) is 9.55 Å². The normalized spacial score (nSPS) is 19.7. The molecule has 0 radical (unpaired) electrons. The van der Waals surface area contributed by atoms with E-state index in [2.05, 4.69) is 36.8 Å². The quantitative estimate of drug-likeness (QED) is 0.720. The third-order valence-electron chi connectivity index (χ3n) is 1.84. The number of aromatic nitrogens is 2. The molecule has 2 nitrogen and oxygen atoms in total. The molecule has 0 unspecified atom stereocenters. The summed E-state index contributed by atoms with van der Waals surface area (Å²) in [6.07, 6.45) is -0.152. The first-order chi connectivity index (χ1) is 5.52. The van der Waals surface area contributed by atoms with Crippen molar-refractivity contribution in [1.29, 1.82) is 0 Å². The summed E-state index contributed by atoms with van der Waals surface area (Å²) in [6, 6.07) is 0. The van der Waals surface area contributed by atoms with Gasteiger partial charge in [0.05, 0.1) is 0 Å². The number of hydrogen-bond acceptors (Lipinski definition) is 1. The van der Waals surface area contributed by atoms with Crippen molar-refractivity contribution in [3.05, 3.63) is 15.0 Å². The molecule has 0 bridgehead atoms. The second kappa shape index (κ2) is 2.51. The van der Waals surface area contributed by atoms with Crippen LogP contribution < -0.4 is 0 Å². The van der Waals surface area contributed by atoms with Gasteiger partial charge in [0.2, 0.25) is 0 Å². The number of fused-ring (bicyclic) bond motifs is 1. The Kier molecular flexibility index (Phi) is 1.80. The molecule has 0 atom stereocenters. The minimum absolute atomic E-state index is 0.152. The molecule has 0 fully saturated rings. The van der Waals surface area contributed by atoms with Crippen LogP contribution in [0.15, 0.2) is 9.21 Å². The summed E-state index contributed by atoms with van der Waals surface area (Å²) in [5.74, 6) is -2.92. The van der Waals surface area contributed by atoms with Crippen molar-refractivity contribution in [2.45, 2.75) is 18.9 Å². The van der Waals surface area contributed by atoms with Crippen LogP contribution >= 0.6 is 31.9 Å².